The highest BCUT2D eigenvalue weighted by atomic mass is 32.1. The zero-order chi connectivity index (χ0) is 9.80. The van der Waals surface area contributed by atoms with E-state index in [-0.39, 0.29) is 5.91 Å². The number of rotatable bonds is 2. The monoisotopic (exact) mass is 206 g/mol. The van der Waals surface area contributed by atoms with Crippen LogP contribution >= 0.6 is 11.3 Å². The molecule has 70 valence electrons. The van der Waals surface area contributed by atoms with E-state index in [0.717, 1.165) is 0 Å². The lowest BCUT2D eigenvalue weighted by molar-refractivity contribution is 0.102. The Morgan fingerprint density at radius 1 is 1.36 bits per heavy atom. The molecular weight excluding hydrogens is 200 g/mol. The average Bonchev–Trinajstić information content (AvgIpc) is 2.72. The second-order valence-corrected chi connectivity index (χ2v) is 3.28. The number of amides is 1. The molecule has 0 saturated carbocycles. The van der Waals surface area contributed by atoms with Gasteiger partial charge < -0.3 is 5.32 Å². The van der Waals surface area contributed by atoms with Crippen molar-refractivity contribution in [2.24, 2.45) is 0 Å². The number of carbonyl (C=O) groups excluding carboxylic acids is 1. The Morgan fingerprint density at radius 3 is 2.93 bits per heavy atom. The van der Waals surface area contributed by atoms with Gasteiger partial charge in [-0.05, 0) is 6.07 Å². The van der Waals surface area contributed by atoms with Crippen LogP contribution in [0.5, 0.6) is 0 Å². The minimum Gasteiger partial charge on any atom is -0.304 e. The van der Waals surface area contributed by atoms with Crippen LogP contribution in [-0.4, -0.2) is 20.9 Å². The maximum absolute atomic E-state index is 11.5. The summed E-state index contributed by atoms with van der Waals surface area (Å²) >= 11 is 1.28. The van der Waals surface area contributed by atoms with E-state index in [1.165, 1.54) is 17.7 Å². The van der Waals surface area contributed by atoms with Gasteiger partial charge in [-0.25, -0.2) is 15.0 Å². The Balaban J connectivity index is 2.10. The first-order valence-electron chi connectivity index (χ1n) is 3.83. The largest absolute Gasteiger partial charge is 0.304 e. The first-order valence-corrected chi connectivity index (χ1v) is 4.71. The predicted molar refractivity (Wildman–Crippen MR) is 52.1 cm³/mol. The van der Waals surface area contributed by atoms with E-state index in [4.69, 9.17) is 0 Å². The summed E-state index contributed by atoms with van der Waals surface area (Å²) in [4.78, 5) is 22.9. The van der Waals surface area contributed by atoms with Crippen molar-refractivity contribution in [3.8, 4) is 0 Å². The van der Waals surface area contributed by atoms with Gasteiger partial charge in [0.1, 0.15) is 12.1 Å². The van der Waals surface area contributed by atoms with Crippen molar-refractivity contribution >= 4 is 23.1 Å². The van der Waals surface area contributed by atoms with E-state index < -0.39 is 0 Å². The van der Waals surface area contributed by atoms with Crippen LogP contribution in [0.15, 0.2) is 30.2 Å². The highest BCUT2D eigenvalue weighted by Crippen LogP contribution is 2.07. The highest BCUT2D eigenvalue weighted by Gasteiger charge is 2.08. The molecule has 6 heteroatoms. The third-order valence-corrected chi connectivity index (χ3v) is 2.22. The summed E-state index contributed by atoms with van der Waals surface area (Å²) in [6.45, 7) is 0. The van der Waals surface area contributed by atoms with E-state index in [9.17, 15) is 4.79 Å². The molecule has 0 atom stereocenters. The van der Waals surface area contributed by atoms with Crippen LogP contribution in [0.1, 0.15) is 9.80 Å². The number of hydrogen-bond donors (Lipinski definition) is 1. The maximum atomic E-state index is 11.5. The molecule has 0 aliphatic heterocycles. The number of hydrogen-bond acceptors (Lipinski definition) is 5. The molecule has 0 spiro atoms. The van der Waals surface area contributed by atoms with Crippen LogP contribution in [0.4, 0.5) is 5.82 Å². The van der Waals surface area contributed by atoms with Gasteiger partial charge >= 0.3 is 0 Å². The number of nitrogens with one attached hydrogen (secondary N) is 1. The molecule has 0 aliphatic carbocycles. The van der Waals surface area contributed by atoms with Gasteiger partial charge in [-0.2, -0.15) is 0 Å². The highest BCUT2D eigenvalue weighted by molar-refractivity contribution is 7.11. The molecule has 0 bridgehead atoms. The van der Waals surface area contributed by atoms with Gasteiger partial charge in [0.25, 0.3) is 5.91 Å². The van der Waals surface area contributed by atoms with Crippen LogP contribution in [0.2, 0.25) is 0 Å². The molecule has 1 amide bonds. The molecule has 1 N–H and O–H groups in total. The zero-order valence-corrected chi connectivity index (χ0v) is 7.86. The molecule has 0 aromatic carbocycles. The van der Waals surface area contributed by atoms with Crippen molar-refractivity contribution in [2.45, 2.75) is 0 Å². The molecule has 2 aromatic heterocycles. The Kier molecular flexibility index (Phi) is 2.46. The molecule has 0 aliphatic rings. The number of carbonyl (C=O) groups is 1. The molecule has 2 aromatic rings. The molecule has 2 rings (SSSR count). The summed E-state index contributed by atoms with van der Waals surface area (Å²) in [5.41, 5.74) is 0. The smallest absolute Gasteiger partial charge is 0.285 e. The summed E-state index contributed by atoms with van der Waals surface area (Å²) in [6.07, 6.45) is 4.52. The van der Waals surface area contributed by atoms with Gasteiger partial charge in [0, 0.05) is 17.8 Å². The summed E-state index contributed by atoms with van der Waals surface area (Å²) < 4.78 is 0. The average molecular weight is 206 g/mol. The van der Waals surface area contributed by atoms with Crippen LogP contribution in [0.3, 0.4) is 0 Å². The van der Waals surface area contributed by atoms with E-state index in [2.05, 4.69) is 20.3 Å². The lowest BCUT2D eigenvalue weighted by Crippen LogP contribution is -2.12. The molecule has 5 nitrogen and oxygen atoms in total. The lowest BCUT2D eigenvalue weighted by Gasteiger charge is -1.99. The topological polar surface area (TPSA) is 67.8 Å². The minimum atomic E-state index is -0.251. The van der Waals surface area contributed by atoms with Crippen molar-refractivity contribution in [3.63, 3.8) is 0 Å². The van der Waals surface area contributed by atoms with Gasteiger partial charge in [-0.1, -0.05) is 0 Å². The first kappa shape index (κ1) is 8.76. The van der Waals surface area contributed by atoms with Crippen molar-refractivity contribution in [1.82, 2.24) is 15.0 Å². The third-order valence-electron chi connectivity index (χ3n) is 1.45. The molecule has 0 radical (unpaired) electrons. The van der Waals surface area contributed by atoms with Crippen molar-refractivity contribution in [1.29, 1.82) is 0 Å². The molecule has 2 heterocycles. The number of nitrogens with zero attached hydrogens (tertiary/aromatic N) is 3. The van der Waals surface area contributed by atoms with E-state index >= 15 is 0 Å². The van der Waals surface area contributed by atoms with Gasteiger partial charge in [0.2, 0.25) is 0 Å². The summed E-state index contributed by atoms with van der Waals surface area (Å²) in [7, 11) is 0. The van der Waals surface area contributed by atoms with Gasteiger partial charge in [0.05, 0.1) is 0 Å². The fraction of sp³-hybridized carbons (Fsp3) is 0. The Hall–Kier alpha value is -1.82. The van der Waals surface area contributed by atoms with Gasteiger partial charge in [0.15, 0.2) is 5.01 Å². The Morgan fingerprint density at radius 2 is 2.29 bits per heavy atom. The number of aromatic nitrogens is 3. The van der Waals surface area contributed by atoms with E-state index in [0.29, 0.717) is 10.8 Å². The number of thiazole rings is 1. The SMILES string of the molecule is O=C(Nc1ccncn1)c1nccs1. The Labute approximate surface area is 83.9 Å². The first-order chi connectivity index (χ1) is 6.86. The standard InChI is InChI=1S/C8H6N4OS/c13-7(8-10-3-4-14-8)12-6-1-2-9-5-11-6/h1-5H,(H,9,11,12,13). The molecule has 0 saturated heterocycles. The van der Waals surface area contributed by atoms with Crippen molar-refractivity contribution in [2.75, 3.05) is 5.32 Å². The quantitative estimate of drug-likeness (QED) is 0.801. The fourth-order valence-electron chi connectivity index (χ4n) is 0.870. The lowest BCUT2D eigenvalue weighted by atomic mass is 10.5. The van der Waals surface area contributed by atoms with Crippen LogP contribution in [-0.2, 0) is 0 Å². The molecular formula is C8H6N4OS. The summed E-state index contributed by atoms with van der Waals surface area (Å²) in [5.74, 6) is 0.221. The molecule has 0 fully saturated rings. The molecule has 0 unspecified atom stereocenters. The van der Waals surface area contributed by atoms with E-state index in [1.54, 1.807) is 23.8 Å². The second kappa shape index (κ2) is 3.93. The van der Waals surface area contributed by atoms with Crippen molar-refractivity contribution < 1.29 is 4.79 Å². The predicted octanol–water partition coefficient (Wildman–Crippen LogP) is 1.19. The van der Waals surface area contributed by atoms with Gasteiger partial charge in [-0.3, -0.25) is 4.79 Å². The van der Waals surface area contributed by atoms with Crippen LogP contribution < -0.4 is 5.32 Å². The number of anilines is 1. The maximum Gasteiger partial charge on any atom is 0.285 e. The third kappa shape index (κ3) is 1.91. The van der Waals surface area contributed by atoms with Gasteiger partial charge in [-0.15, -0.1) is 11.3 Å². The van der Waals surface area contributed by atoms with Crippen molar-refractivity contribution in [3.05, 3.63) is 35.2 Å². The minimum absolute atomic E-state index is 0.251. The normalized spacial score (nSPS) is 9.71. The zero-order valence-electron chi connectivity index (χ0n) is 7.04. The Bertz CT molecular complexity index is 414. The summed E-state index contributed by atoms with van der Waals surface area (Å²) in [6, 6.07) is 1.62. The van der Waals surface area contributed by atoms with Crippen LogP contribution in [0.25, 0.3) is 0 Å². The summed E-state index contributed by atoms with van der Waals surface area (Å²) in [5, 5.41) is 4.77. The van der Waals surface area contributed by atoms with Crippen LogP contribution in [0, 0.1) is 0 Å². The fourth-order valence-corrected chi connectivity index (χ4v) is 1.40. The molecule has 14 heavy (non-hydrogen) atoms. The second-order valence-electron chi connectivity index (χ2n) is 2.39. The van der Waals surface area contributed by atoms with E-state index in [1.807, 2.05) is 0 Å².